The van der Waals surface area contributed by atoms with Gasteiger partial charge in [-0.15, -0.1) is 0 Å². The molecule has 2 heterocycles. The Hall–Kier alpha value is -1.91. The lowest BCUT2D eigenvalue weighted by atomic mass is 10.2. The second-order valence-corrected chi connectivity index (χ2v) is 5.28. The average molecular weight is 275 g/mol. The van der Waals surface area contributed by atoms with Crippen molar-refractivity contribution in [1.29, 1.82) is 0 Å². The van der Waals surface area contributed by atoms with E-state index in [1.807, 2.05) is 13.0 Å². The van der Waals surface area contributed by atoms with Crippen molar-refractivity contribution in [1.82, 2.24) is 9.88 Å². The summed E-state index contributed by atoms with van der Waals surface area (Å²) in [7, 11) is 0. The largest absolute Gasteiger partial charge is 0.331 e. The zero-order valence-electron chi connectivity index (χ0n) is 12.1. The van der Waals surface area contributed by atoms with E-state index in [-0.39, 0.29) is 11.8 Å². The number of nitrogens with zero attached hydrogens (tertiary/aromatic N) is 2. The third-order valence-electron chi connectivity index (χ3n) is 3.62. The molecule has 5 heteroatoms. The molecular formula is C15H21N3O2. The van der Waals surface area contributed by atoms with Crippen LogP contribution >= 0.6 is 0 Å². The molecule has 2 amide bonds. The second kappa shape index (κ2) is 6.50. The molecule has 1 fully saturated rings. The minimum atomic E-state index is -0.455. The monoisotopic (exact) mass is 275 g/mol. The highest BCUT2D eigenvalue weighted by atomic mass is 16.2. The van der Waals surface area contributed by atoms with Gasteiger partial charge in [-0.05, 0) is 38.3 Å². The highest BCUT2D eigenvalue weighted by Crippen LogP contribution is 2.15. The summed E-state index contributed by atoms with van der Waals surface area (Å²) in [6.07, 6.45) is 5.18. The number of nitrogens with one attached hydrogen (secondary N) is 1. The maximum atomic E-state index is 12.2. The van der Waals surface area contributed by atoms with Crippen molar-refractivity contribution in [2.75, 3.05) is 11.9 Å². The zero-order valence-corrected chi connectivity index (χ0v) is 12.1. The van der Waals surface area contributed by atoms with E-state index in [4.69, 9.17) is 0 Å². The molecule has 2 rings (SSSR count). The van der Waals surface area contributed by atoms with Gasteiger partial charge in [0.2, 0.25) is 11.8 Å². The summed E-state index contributed by atoms with van der Waals surface area (Å²) < 4.78 is 0. The summed E-state index contributed by atoms with van der Waals surface area (Å²) in [5.74, 6) is 0.410. The molecule has 1 aromatic rings. The van der Waals surface area contributed by atoms with Gasteiger partial charge in [0, 0.05) is 19.2 Å². The Morgan fingerprint density at radius 3 is 2.85 bits per heavy atom. The number of hydrogen-bond donors (Lipinski definition) is 1. The molecule has 1 N–H and O–H groups in total. The van der Waals surface area contributed by atoms with Crippen molar-refractivity contribution >= 4 is 17.6 Å². The number of pyridine rings is 1. The van der Waals surface area contributed by atoms with Gasteiger partial charge in [-0.3, -0.25) is 9.59 Å². The fourth-order valence-electron chi connectivity index (χ4n) is 2.33. The number of amides is 2. The van der Waals surface area contributed by atoms with E-state index < -0.39 is 6.04 Å². The Bertz CT molecular complexity index is 484. The molecule has 108 valence electrons. The summed E-state index contributed by atoms with van der Waals surface area (Å²) in [4.78, 5) is 30.0. The Kier molecular flexibility index (Phi) is 4.71. The van der Waals surface area contributed by atoms with Crippen LogP contribution in [0.1, 0.15) is 38.2 Å². The normalized spacial score (nSPS) is 17.5. The molecule has 1 aliphatic rings. The molecule has 0 aromatic carbocycles. The van der Waals surface area contributed by atoms with Gasteiger partial charge in [-0.2, -0.15) is 0 Å². The predicted octanol–water partition coefficient (Wildman–Crippen LogP) is 2.12. The Labute approximate surface area is 119 Å². The second-order valence-electron chi connectivity index (χ2n) is 5.28. The Morgan fingerprint density at radius 2 is 2.15 bits per heavy atom. The van der Waals surface area contributed by atoms with Crippen molar-refractivity contribution in [3.8, 4) is 0 Å². The third kappa shape index (κ3) is 3.56. The van der Waals surface area contributed by atoms with E-state index in [0.717, 1.165) is 24.8 Å². The van der Waals surface area contributed by atoms with Gasteiger partial charge < -0.3 is 10.2 Å². The van der Waals surface area contributed by atoms with Crippen LogP contribution in [0.2, 0.25) is 0 Å². The van der Waals surface area contributed by atoms with E-state index in [1.165, 1.54) is 0 Å². The highest BCUT2D eigenvalue weighted by Gasteiger charge is 2.26. The summed E-state index contributed by atoms with van der Waals surface area (Å²) in [5, 5.41) is 2.76. The van der Waals surface area contributed by atoms with Crippen LogP contribution < -0.4 is 5.32 Å². The lowest BCUT2D eigenvalue weighted by Crippen LogP contribution is -2.45. The first kappa shape index (κ1) is 14.5. The van der Waals surface area contributed by atoms with Gasteiger partial charge in [0.1, 0.15) is 11.9 Å². The number of anilines is 1. The molecule has 1 aliphatic heterocycles. The van der Waals surface area contributed by atoms with Crippen LogP contribution in [0.15, 0.2) is 18.3 Å². The number of likely N-dealkylation sites (tertiary alicyclic amines) is 1. The lowest BCUT2D eigenvalue weighted by molar-refractivity contribution is -0.137. The van der Waals surface area contributed by atoms with Crippen LogP contribution in [0.5, 0.6) is 0 Å². The molecular weight excluding hydrogens is 254 g/mol. The summed E-state index contributed by atoms with van der Waals surface area (Å²) in [5.41, 5.74) is 1.04. The van der Waals surface area contributed by atoms with Gasteiger partial charge in [0.05, 0.1) is 0 Å². The van der Waals surface area contributed by atoms with E-state index >= 15 is 0 Å². The first-order valence-corrected chi connectivity index (χ1v) is 7.11. The predicted molar refractivity (Wildman–Crippen MR) is 77.2 cm³/mol. The molecule has 1 aromatic heterocycles. The van der Waals surface area contributed by atoms with Crippen molar-refractivity contribution in [3.63, 3.8) is 0 Å². The molecule has 0 radical (unpaired) electrons. The molecule has 1 unspecified atom stereocenters. The molecule has 0 aliphatic carbocycles. The Balaban J connectivity index is 2.00. The van der Waals surface area contributed by atoms with Gasteiger partial charge >= 0.3 is 0 Å². The number of aryl methyl sites for hydroxylation is 1. The lowest BCUT2D eigenvalue weighted by Gasteiger charge is -2.26. The number of hydrogen-bond acceptors (Lipinski definition) is 3. The van der Waals surface area contributed by atoms with Crippen molar-refractivity contribution in [3.05, 3.63) is 23.9 Å². The minimum absolute atomic E-state index is 0.0713. The number of aromatic nitrogens is 1. The highest BCUT2D eigenvalue weighted by molar-refractivity contribution is 5.96. The standard InChI is InChI=1S/C15H21N3O2/c1-11-7-8-13(16-10-11)17-15(20)12(2)18-9-5-3-4-6-14(18)19/h7-8,10,12H,3-6,9H2,1-2H3,(H,16,17,20). The molecule has 0 saturated carbocycles. The minimum Gasteiger partial charge on any atom is -0.331 e. The van der Waals surface area contributed by atoms with Gasteiger partial charge in [0.15, 0.2) is 0 Å². The van der Waals surface area contributed by atoms with Crippen molar-refractivity contribution in [2.45, 2.75) is 45.6 Å². The summed E-state index contributed by atoms with van der Waals surface area (Å²) in [6.45, 7) is 4.37. The molecule has 20 heavy (non-hydrogen) atoms. The number of rotatable bonds is 3. The van der Waals surface area contributed by atoms with Gasteiger partial charge in [-0.1, -0.05) is 12.5 Å². The smallest absolute Gasteiger partial charge is 0.248 e. The fraction of sp³-hybridized carbons (Fsp3) is 0.533. The van der Waals surface area contributed by atoms with Crippen LogP contribution in [0.3, 0.4) is 0 Å². The van der Waals surface area contributed by atoms with Crippen LogP contribution in [0.25, 0.3) is 0 Å². The van der Waals surface area contributed by atoms with E-state index in [1.54, 1.807) is 24.1 Å². The van der Waals surface area contributed by atoms with Crippen LogP contribution in [0.4, 0.5) is 5.82 Å². The SMILES string of the molecule is Cc1ccc(NC(=O)C(C)N2CCCCCC2=O)nc1. The maximum Gasteiger partial charge on any atom is 0.248 e. The van der Waals surface area contributed by atoms with E-state index in [2.05, 4.69) is 10.3 Å². The van der Waals surface area contributed by atoms with Crippen LogP contribution in [-0.2, 0) is 9.59 Å². The molecule has 1 atom stereocenters. The number of carbonyl (C=O) groups excluding carboxylic acids is 2. The quantitative estimate of drug-likeness (QED) is 0.919. The van der Waals surface area contributed by atoms with E-state index in [0.29, 0.717) is 18.8 Å². The maximum absolute atomic E-state index is 12.2. The van der Waals surface area contributed by atoms with Gasteiger partial charge in [-0.25, -0.2) is 4.98 Å². The molecule has 1 saturated heterocycles. The van der Waals surface area contributed by atoms with Crippen LogP contribution in [0, 0.1) is 6.92 Å². The topological polar surface area (TPSA) is 62.3 Å². The molecule has 5 nitrogen and oxygen atoms in total. The van der Waals surface area contributed by atoms with Gasteiger partial charge in [0.25, 0.3) is 0 Å². The summed E-state index contributed by atoms with van der Waals surface area (Å²) >= 11 is 0. The fourth-order valence-corrected chi connectivity index (χ4v) is 2.33. The average Bonchev–Trinajstić information content (AvgIpc) is 2.65. The summed E-state index contributed by atoms with van der Waals surface area (Å²) in [6, 6.07) is 3.21. The Morgan fingerprint density at radius 1 is 1.35 bits per heavy atom. The first-order valence-electron chi connectivity index (χ1n) is 7.11. The van der Waals surface area contributed by atoms with E-state index in [9.17, 15) is 9.59 Å². The molecule has 0 spiro atoms. The third-order valence-corrected chi connectivity index (χ3v) is 3.62. The zero-order chi connectivity index (χ0) is 14.5. The first-order chi connectivity index (χ1) is 9.58. The van der Waals surface area contributed by atoms with Crippen LogP contribution in [-0.4, -0.2) is 34.3 Å². The van der Waals surface area contributed by atoms with Crippen molar-refractivity contribution in [2.24, 2.45) is 0 Å². The van der Waals surface area contributed by atoms with Crippen molar-refractivity contribution < 1.29 is 9.59 Å². The molecule has 0 bridgehead atoms. The number of carbonyl (C=O) groups is 2.